The Balaban J connectivity index is 2.77. The van der Waals surface area contributed by atoms with Crippen LogP contribution in [0.25, 0.3) is 0 Å². The van der Waals surface area contributed by atoms with Gasteiger partial charge in [-0.05, 0) is 31.5 Å². The maximum Gasteiger partial charge on any atom is 0.240 e. The minimum absolute atomic E-state index is 0.0459. The van der Waals surface area contributed by atoms with E-state index in [1.54, 1.807) is 19.9 Å². The molecule has 0 saturated carbocycles. The lowest BCUT2D eigenvalue weighted by Crippen LogP contribution is -2.30. The van der Waals surface area contributed by atoms with E-state index in [0.717, 1.165) is 0 Å². The van der Waals surface area contributed by atoms with Crippen LogP contribution in [0.3, 0.4) is 0 Å². The number of nitrogens with two attached hydrogens (primary N) is 1. The zero-order valence-electron chi connectivity index (χ0n) is 12.0. The molecule has 0 heterocycles. The van der Waals surface area contributed by atoms with Gasteiger partial charge in [-0.1, -0.05) is 18.3 Å². The lowest BCUT2D eigenvalue weighted by Gasteiger charge is -2.09. The van der Waals surface area contributed by atoms with E-state index in [2.05, 4.69) is 10.0 Å². The van der Waals surface area contributed by atoms with Crippen molar-refractivity contribution < 1.29 is 13.2 Å². The summed E-state index contributed by atoms with van der Waals surface area (Å²) < 4.78 is 26.6. The predicted molar refractivity (Wildman–Crippen MR) is 85.6 cm³/mol. The Hall–Kier alpha value is -1.51. The number of sulfonamides is 1. The summed E-state index contributed by atoms with van der Waals surface area (Å²) >= 11 is 4.88. The standard InChI is InChI=1S/C13H19N3O3S2/c1-3-15-12(17)6-7-16-21(18,19)10-4-5-11(13(14)20)9(2)8-10/h4-5,8,16H,3,6-7H2,1-2H3,(H2,14,20)(H,15,17). The van der Waals surface area contributed by atoms with Gasteiger partial charge in [0.25, 0.3) is 0 Å². The van der Waals surface area contributed by atoms with Gasteiger partial charge in [0, 0.05) is 25.1 Å². The van der Waals surface area contributed by atoms with Crippen LogP contribution in [0.2, 0.25) is 0 Å². The first-order chi connectivity index (χ1) is 9.77. The number of benzene rings is 1. The molecule has 1 aromatic carbocycles. The topological polar surface area (TPSA) is 101 Å². The number of carbonyl (C=O) groups is 1. The van der Waals surface area contributed by atoms with Gasteiger partial charge in [0.15, 0.2) is 0 Å². The molecule has 0 aliphatic rings. The first-order valence-corrected chi connectivity index (χ1v) is 8.34. The van der Waals surface area contributed by atoms with E-state index in [1.807, 2.05) is 0 Å². The molecule has 116 valence electrons. The molecule has 0 atom stereocenters. The van der Waals surface area contributed by atoms with E-state index in [4.69, 9.17) is 18.0 Å². The van der Waals surface area contributed by atoms with E-state index in [1.165, 1.54) is 12.1 Å². The summed E-state index contributed by atoms with van der Waals surface area (Å²) in [7, 11) is -3.65. The lowest BCUT2D eigenvalue weighted by molar-refractivity contribution is -0.120. The van der Waals surface area contributed by atoms with Crippen LogP contribution >= 0.6 is 12.2 Å². The molecule has 6 nitrogen and oxygen atoms in total. The van der Waals surface area contributed by atoms with E-state index in [-0.39, 0.29) is 28.8 Å². The number of hydrogen-bond acceptors (Lipinski definition) is 4. The number of nitrogens with one attached hydrogen (secondary N) is 2. The second-order valence-electron chi connectivity index (χ2n) is 4.44. The molecule has 0 unspecified atom stereocenters. The summed E-state index contributed by atoms with van der Waals surface area (Å²) in [4.78, 5) is 11.6. The number of rotatable bonds is 7. The van der Waals surface area contributed by atoms with Crippen molar-refractivity contribution >= 4 is 33.1 Å². The van der Waals surface area contributed by atoms with Crippen LogP contribution in [0.15, 0.2) is 23.1 Å². The Morgan fingerprint density at radius 1 is 1.38 bits per heavy atom. The van der Waals surface area contributed by atoms with Crippen molar-refractivity contribution in [2.24, 2.45) is 5.73 Å². The van der Waals surface area contributed by atoms with Crippen molar-refractivity contribution in [2.75, 3.05) is 13.1 Å². The van der Waals surface area contributed by atoms with Crippen LogP contribution in [-0.4, -0.2) is 32.4 Å². The summed E-state index contributed by atoms with van der Waals surface area (Å²) in [5.41, 5.74) is 6.87. The van der Waals surface area contributed by atoms with Gasteiger partial charge >= 0.3 is 0 Å². The van der Waals surface area contributed by atoms with Gasteiger partial charge < -0.3 is 11.1 Å². The fraction of sp³-hybridized carbons (Fsp3) is 0.385. The van der Waals surface area contributed by atoms with Crippen LogP contribution in [0.5, 0.6) is 0 Å². The third kappa shape index (κ3) is 5.07. The third-order valence-corrected chi connectivity index (χ3v) is 4.47. The zero-order valence-corrected chi connectivity index (χ0v) is 13.6. The first kappa shape index (κ1) is 17.5. The van der Waals surface area contributed by atoms with Crippen molar-refractivity contribution in [1.29, 1.82) is 0 Å². The van der Waals surface area contributed by atoms with Gasteiger partial charge in [-0.2, -0.15) is 0 Å². The van der Waals surface area contributed by atoms with Gasteiger partial charge in [0.1, 0.15) is 4.99 Å². The van der Waals surface area contributed by atoms with Gasteiger partial charge in [-0.3, -0.25) is 4.79 Å². The number of amides is 1. The molecule has 0 aliphatic heterocycles. The van der Waals surface area contributed by atoms with Crippen LogP contribution in [0.4, 0.5) is 0 Å². The normalized spacial score (nSPS) is 11.1. The maximum atomic E-state index is 12.1. The molecule has 0 radical (unpaired) electrons. The van der Waals surface area contributed by atoms with Crippen LogP contribution in [0, 0.1) is 6.92 Å². The number of thiocarbonyl (C=S) groups is 1. The fourth-order valence-electron chi connectivity index (χ4n) is 1.75. The van der Waals surface area contributed by atoms with Crippen LogP contribution in [0.1, 0.15) is 24.5 Å². The highest BCUT2D eigenvalue weighted by molar-refractivity contribution is 7.89. The van der Waals surface area contributed by atoms with Crippen LogP contribution < -0.4 is 15.8 Å². The van der Waals surface area contributed by atoms with Crippen LogP contribution in [-0.2, 0) is 14.8 Å². The molecule has 0 spiro atoms. The molecule has 8 heteroatoms. The SMILES string of the molecule is CCNC(=O)CCNS(=O)(=O)c1ccc(C(N)=S)c(C)c1. The molecular formula is C13H19N3O3S2. The highest BCUT2D eigenvalue weighted by atomic mass is 32.2. The predicted octanol–water partition coefficient (Wildman–Crippen LogP) is 0.434. The monoisotopic (exact) mass is 329 g/mol. The Bertz CT molecular complexity index is 642. The molecule has 0 aliphatic carbocycles. The van der Waals surface area contributed by atoms with Gasteiger partial charge in [-0.15, -0.1) is 0 Å². The third-order valence-electron chi connectivity index (χ3n) is 2.79. The molecule has 1 rings (SSSR count). The van der Waals surface area contributed by atoms with E-state index in [0.29, 0.717) is 17.7 Å². The highest BCUT2D eigenvalue weighted by Crippen LogP contribution is 2.15. The molecular weight excluding hydrogens is 310 g/mol. The van der Waals surface area contributed by atoms with E-state index < -0.39 is 10.0 Å². The average Bonchev–Trinajstić information content (AvgIpc) is 2.38. The fourth-order valence-corrected chi connectivity index (χ4v) is 3.09. The van der Waals surface area contributed by atoms with Crippen molar-refractivity contribution in [1.82, 2.24) is 10.0 Å². The smallest absolute Gasteiger partial charge is 0.240 e. The van der Waals surface area contributed by atoms with Gasteiger partial charge in [0.05, 0.1) is 4.90 Å². The molecule has 1 aromatic rings. The molecule has 4 N–H and O–H groups in total. The molecule has 0 aromatic heterocycles. The second kappa shape index (κ2) is 7.48. The summed E-state index contributed by atoms with van der Waals surface area (Å²) in [6, 6.07) is 4.52. The van der Waals surface area contributed by atoms with Crippen molar-refractivity contribution in [3.8, 4) is 0 Å². The zero-order chi connectivity index (χ0) is 16.0. The maximum absolute atomic E-state index is 12.1. The molecule has 0 fully saturated rings. The minimum Gasteiger partial charge on any atom is -0.389 e. The van der Waals surface area contributed by atoms with Crippen molar-refractivity contribution in [3.63, 3.8) is 0 Å². The minimum atomic E-state index is -3.65. The summed E-state index contributed by atoms with van der Waals surface area (Å²) in [5.74, 6) is -0.194. The number of hydrogen-bond donors (Lipinski definition) is 3. The summed E-state index contributed by atoms with van der Waals surface area (Å²) in [6.07, 6.45) is 0.0943. The number of carbonyl (C=O) groups excluding carboxylic acids is 1. The average molecular weight is 329 g/mol. The van der Waals surface area contributed by atoms with Crippen molar-refractivity contribution in [3.05, 3.63) is 29.3 Å². The first-order valence-electron chi connectivity index (χ1n) is 6.44. The van der Waals surface area contributed by atoms with Crippen molar-refractivity contribution in [2.45, 2.75) is 25.2 Å². The highest BCUT2D eigenvalue weighted by Gasteiger charge is 2.15. The van der Waals surface area contributed by atoms with Gasteiger partial charge in [0.2, 0.25) is 15.9 Å². The largest absolute Gasteiger partial charge is 0.389 e. The number of aryl methyl sites for hydroxylation is 1. The summed E-state index contributed by atoms with van der Waals surface area (Å²) in [5, 5.41) is 2.60. The Labute approximate surface area is 130 Å². The molecule has 0 saturated heterocycles. The second-order valence-corrected chi connectivity index (χ2v) is 6.65. The molecule has 0 bridgehead atoms. The van der Waals surface area contributed by atoms with E-state index in [9.17, 15) is 13.2 Å². The summed E-state index contributed by atoms with van der Waals surface area (Å²) in [6.45, 7) is 4.10. The molecule has 21 heavy (non-hydrogen) atoms. The van der Waals surface area contributed by atoms with Gasteiger partial charge in [-0.25, -0.2) is 13.1 Å². The Morgan fingerprint density at radius 3 is 2.57 bits per heavy atom. The van der Waals surface area contributed by atoms with E-state index >= 15 is 0 Å². The Morgan fingerprint density at radius 2 is 2.05 bits per heavy atom. The Kier molecular flexibility index (Phi) is 6.25. The molecule has 1 amide bonds. The quantitative estimate of drug-likeness (QED) is 0.630. The lowest BCUT2D eigenvalue weighted by atomic mass is 10.1.